The number of phenols is 1. The molecule has 0 aliphatic heterocycles. The van der Waals surface area contributed by atoms with E-state index in [-0.39, 0.29) is 17.9 Å². The maximum absolute atomic E-state index is 11.8. The fourth-order valence-electron chi connectivity index (χ4n) is 1.72. The van der Waals surface area contributed by atoms with Crippen LogP contribution in [0.1, 0.15) is 17.3 Å². The molecule has 2 aromatic rings. The van der Waals surface area contributed by atoms with Crippen LogP contribution in [0.2, 0.25) is 0 Å². The van der Waals surface area contributed by atoms with Crippen molar-refractivity contribution in [3.8, 4) is 5.75 Å². The molecule has 0 fully saturated rings. The Hall–Kier alpha value is -2.36. The first kappa shape index (κ1) is 12.1. The number of aromatic hydroxyl groups is 1. The summed E-state index contributed by atoms with van der Waals surface area (Å²) in [6.07, 6.45) is 0. The van der Waals surface area contributed by atoms with Crippen LogP contribution < -0.4 is 0 Å². The van der Waals surface area contributed by atoms with Crippen molar-refractivity contribution in [2.45, 2.75) is 6.92 Å². The average Bonchev–Trinajstić information content (AvgIpc) is 2.37. The Morgan fingerprint density at radius 1 is 1.17 bits per heavy atom. The van der Waals surface area contributed by atoms with Gasteiger partial charge in [-0.1, -0.05) is 24.3 Å². The van der Waals surface area contributed by atoms with Crippen molar-refractivity contribution in [1.29, 1.82) is 0 Å². The van der Waals surface area contributed by atoms with Gasteiger partial charge in [0.25, 0.3) is 5.78 Å². The van der Waals surface area contributed by atoms with E-state index in [0.29, 0.717) is 0 Å². The van der Waals surface area contributed by atoms with Gasteiger partial charge in [-0.15, -0.1) is 0 Å². The Labute approximate surface area is 104 Å². The summed E-state index contributed by atoms with van der Waals surface area (Å²) in [4.78, 5) is 23.1. The molecule has 0 spiro atoms. The molecule has 0 atom stereocenters. The van der Waals surface area contributed by atoms with Gasteiger partial charge in [-0.2, -0.15) is 0 Å². The van der Waals surface area contributed by atoms with Crippen molar-refractivity contribution < 1.29 is 19.4 Å². The molecule has 18 heavy (non-hydrogen) atoms. The number of benzene rings is 2. The SMILES string of the molecule is CCOC(=O)C(=O)c1cc2ccccc2cc1O. The van der Waals surface area contributed by atoms with Crippen LogP contribution in [0.3, 0.4) is 0 Å². The Morgan fingerprint density at radius 2 is 1.78 bits per heavy atom. The third-order valence-corrected chi connectivity index (χ3v) is 2.57. The Bertz CT molecular complexity index is 616. The zero-order chi connectivity index (χ0) is 13.1. The molecule has 2 rings (SSSR count). The van der Waals surface area contributed by atoms with Crippen LogP contribution in [-0.2, 0) is 9.53 Å². The fourth-order valence-corrected chi connectivity index (χ4v) is 1.72. The molecule has 0 aromatic heterocycles. The van der Waals surface area contributed by atoms with Crippen LogP contribution in [-0.4, -0.2) is 23.5 Å². The molecule has 0 saturated heterocycles. The highest BCUT2D eigenvalue weighted by Gasteiger charge is 2.21. The fraction of sp³-hybridized carbons (Fsp3) is 0.143. The lowest BCUT2D eigenvalue weighted by molar-refractivity contribution is -0.137. The third kappa shape index (κ3) is 2.18. The van der Waals surface area contributed by atoms with Gasteiger partial charge >= 0.3 is 5.97 Å². The molecule has 0 bridgehead atoms. The lowest BCUT2D eigenvalue weighted by atomic mass is 10.0. The van der Waals surface area contributed by atoms with E-state index in [2.05, 4.69) is 4.74 Å². The number of esters is 1. The second kappa shape index (κ2) is 4.87. The minimum absolute atomic E-state index is 0.0350. The Balaban J connectivity index is 2.47. The van der Waals surface area contributed by atoms with Gasteiger partial charge in [0.2, 0.25) is 0 Å². The number of carbonyl (C=O) groups is 2. The number of ether oxygens (including phenoxy) is 1. The number of rotatable bonds is 3. The van der Waals surface area contributed by atoms with Crippen LogP contribution in [0.4, 0.5) is 0 Å². The molecule has 2 aromatic carbocycles. The monoisotopic (exact) mass is 244 g/mol. The first-order valence-corrected chi connectivity index (χ1v) is 5.56. The summed E-state index contributed by atoms with van der Waals surface area (Å²) in [6.45, 7) is 1.74. The van der Waals surface area contributed by atoms with Gasteiger partial charge in [0.05, 0.1) is 12.2 Å². The highest BCUT2D eigenvalue weighted by molar-refractivity contribution is 6.41. The molecule has 0 aliphatic carbocycles. The van der Waals surface area contributed by atoms with Crippen molar-refractivity contribution >= 4 is 22.5 Å². The van der Waals surface area contributed by atoms with Crippen LogP contribution in [0.5, 0.6) is 5.75 Å². The Morgan fingerprint density at radius 3 is 2.39 bits per heavy atom. The number of Topliss-reactive ketones (excluding diaryl/α,β-unsaturated/α-hetero) is 1. The third-order valence-electron chi connectivity index (χ3n) is 2.57. The summed E-state index contributed by atoms with van der Waals surface area (Å²) in [5.74, 6) is -2.00. The summed E-state index contributed by atoms with van der Waals surface area (Å²) in [6, 6.07) is 10.2. The number of carbonyl (C=O) groups excluding carboxylic acids is 2. The lowest BCUT2D eigenvalue weighted by Gasteiger charge is -2.05. The highest BCUT2D eigenvalue weighted by atomic mass is 16.5. The average molecular weight is 244 g/mol. The molecule has 1 N–H and O–H groups in total. The number of fused-ring (bicyclic) bond motifs is 1. The molecule has 4 nitrogen and oxygen atoms in total. The number of phenolic OH excluding ortho intramolecular Hbond substituents is 1. The van der Waals surface area contributed by atoms with Crippen LogP contribution in [0, 0.1) is 0 Å². The first-order valence-electron chi connectivity index (χ1n) is 5.56. The van der Waals surface area contributed by atoms with Crippen molar-refractivity contribution in [3.05, 3.63) is 42.0 Å². The van der Waals surface area contributed by atoms with Crippen molar-refractivity contribution in [1.82, 2.24) is 0 Å². The maximum atomic E-state index is 11.8. The largest absolute Gasteiger partial charge is 0.507 e. The van der Waals surface area contributed by atoms with Crippen LogP contribution in [0.15, 0.2) is 36.4 Å². The summed E-state index contributed by atoms with van der Waals surface area (Å²) < 4.78 is 4.63. The smallest absolute Gasteiger partial charge is 0.379 e. The first-order chi connectivity index (χ1) is 8.63. The van der Waals surface area contributed by atoms with E-state index in [1.165, 1.54) is 12.1 Å². The molecule has 0 aliphatic rings. The summed E-state index contributed by atoms with van der Waals surface area (Å²) >= 11 is 0. The highest BCUT2D eigenvalue weighted by Crippen LogP contribution is 2.25. The van der Waals surface area contributed by atoms with Crippen molar-refractivity contribution in [2.75, 3.05) is 6.61 Å². The second-order valence-corrected chi connectivity index (χ2v) is 3.77. The van der Waals surface area contributed by atoms with E-state index < -0.39 is 11.8 Å². The molecule has 0 amide bonds. The lowest BCUT2D eigenvalue weighted by Crippen LogP contribution is -2.17. The quantitative estimate of drug-likeness (QED) is 0.511. The zero-order valence-corrected chi connectivity index (χ0v) is 9.84. The van der Waals surface area contributed by atoms with Gasteiger partial charge < -0.3 is 9.84 Å². The van der Waals surface area contributed by atoms with Crippen LogP contribution >= 0.6 is 0 Å². The number of hydrogen-bond donors (Lipinski definition) is 1. The molecular formula is C14H12O4. The predicted molar refractivity (Wildman–Crippen MR) is 66.6 cm³/mol. The molecular weight excluding hydrogens is 232 g/mol. The second-order valence-electron chi connectivity index (χ2n) is 3.77. The maximum Gasteiger partial charge on any atom is 0.379 e. The van der Waals surface area contributed by atoms with Gasteiger partial charge in [0, 0.05) is 0 Å². The van der Waals surface area contributed by atoms with Gasteiger partial charge in [0.1, 0.15) is 5.75 Å². The summed E-state index contributed by atoms with van der Waals surface area (Å²) in [5.41, 5.74) is -0.0350. The summed E-state index contributed by atoms with van der Waals surface area (Å²) in [5, 5.41) is 11.3. The van der Waals surface area contributed by atoms with Gasteiger partial charge in [0.15, 0.2) is 0 Å². The predicted octanol–water partition coefficient (Wildman–Crippen LogP) is 2.29. The molecule has 0 unspecified atom stereocenters. The molecule has 0 radical (unpaired) electrons. The molecule has 0 heterocycles. The zero-order valence-electron chi connectivity index (χ0n) is 9.84. The number of ketones is 1. The van der Waals surface area contributed by atoms with E-state index in [1.807, 2.05) is 18.2 Å². The summed E-state index contributed by atoms with van der Waals surface area (Å²) in [7, 11) is 0. The van der Waals surface area contributed by atoms with Gasteiger partial charge in [-0.3, -0.25) is 4.79 Å². The topological polar surface area (TPSA) is 63.6 Å². The number of hydrogen-bond acceptors (Lipinski definition) is 4. The van der Waals surface area contributed by atoms with E-state index in [0.717, 1.165) is 10.8 Å². The molecule has 4 heteroatoms. The van der Waals surface area contributed by atoms with E-state index in [9.17, 15) is 14.7 Å². The van der Waals surface area contributed by atoms with Crippen molar-refractivity contribution in [3.63, 3.8) is 0 Å². The molecule has 0 saturated carbocycles. The van der Waals surface area contributed by atoms with E-state index in [1.54, 1.807) is 13.0 Å². The minimum Gasteiger partial charge on any atom is -0.507 e. The minimum atomic E-state index is -0.955. The van der Waals surface area contributed by atoms with Crippen LogP contribution in [0.25, 0.3) is 10.8 Å². The van der Waals surface area contributed by atoms with Crippen molar-refractivity contribution in [2.24, 2.45) is 0 Å². The molecule has 92 valence electrons. The Kier molecular flexibility index (Phi) is 3.28. The van der Waals surface area contributed by atoms with E-state index >= 15 is 0 Å². The van der Waals surface area contributed by atoms with E-state index in [4.69, 9.17) is 0 Å². The van der Waals surface area contributed by atoms with Gasteiger partial charge in [-0.05, 0) is 29.8 Å². The normalized spacial score (nSPS) is 10.3. The van der Waals surface area contributed by atoms with Gasteiger partial charge in [-0.25, -0.2) is 4.79 Å². The standard InChI is InChI=1S/C14H12O4/c1-2-18-14(17)13(16)11-7-9-5-3-4-6-10(9)8-12(11)15/h3-8,15H,2H2,1H3.